The van der Waals surface area contributed by atoms with Gasteiger partial charge in [0.15, 0.2) is 0 Å². The van der Waals surface area contributed by atoms with E-state index in [9.17, 15) is 4.79 Å². The van der Waals surface area contributed by atoms with Gasteiger partial charge in [0.25, 0.3) is 0 Å². The second kappa shape index (κ2) is 2.25. The highest BCUT2D eigenvalue weighted by Gasteiger charge is 2.10. The van der Waals surface area contributed by atoms with Crippen LogP contribution >= 0.6 is 0 Å². The minimum Gasteiger partial charge on any atom is -0.248 e. The Kier molecular flexibility index (Phi) is 1.44. The van der Waals surface area contributed by atoms with E-state index in [4.69, 9.17) is 0 Å². The van der Waals surface area contributed by atoms with Crippen LogP contribution in [-0.4, -0.2) is 18.1 Å². The van der Waals surface area contributed by atoms with Crippen LogP contribution in [0.4, 0.5) is 0 Å². The highest BCUT2D eigenvalue weighted by molar-refractivity contribution is 6.28. The Hall–Kier alpha value is -1.39. The number of hydrogen-bond donors (Lipinski definition) is 0. The zero-order chi connectivity index (χ0) is 6.69. The molecule has 1 amide bonds. The molecule has 1 aliphatic heterocycles. The van der Waals surface area contributed by atoms with Gasteiger partial charge in [0.2, 0.25) is 0 Å². The molecule has 0 radical (unpaired) electrons. The first kappa shape index (κ1) is 5.74. The molecule has 1 heterocycles. The van der Waals surface area contributed by atoms with Gasteiger partial charge in [0.1, 0.15) is 13.1 Å². The van der Waals surface area contributed by atoms with Crippen LogP contribution < -0.4 is 0 Å². The zero-order valence-corrected chi connectivity index (χ0v) is 4.74. The van der Waals surface area contributed by atoms with Crippen molar-refractivity contribution in [3.63, 3.8) is 0 Å². The fraction of sp³-hybridized carbons (Fsp3) is 0.250. The maximum atomic E-state index is 10.2. The van der Waals surface area contributed by atoms with E-state index < -0.39 is 5.97 Å². The standard InChI is InChI=1S/C4H4N3O2/c1-3(8)9-4-2-5-7-6-4/h2H,1H3/q+1. The summed E-state index contributed by atoms with van der Waals surface area (Å²) in [5, 5.41) is 9.89. The van der Waals surface area contributed by atoms with Crippen molar-refractivity contribution >= 4 is 18.1 Å². The monoisotopic (exact) mass is 126 g/mol. The van der Waals surface area contributed by atoms with Crippen molar-refractivity contribution in [2.24, 2.45) is 15.4 Å². The van der Waals surface area contributed by atoms with Crippen LogP contribution in [0.3, 0.4) is 0 Å². The number of nitrogens with zero attached hydrogens (tertiary/aromatic N) is 3. The lowest BCUT2D eigenvalue weighted by Crippen LogP contribution is -2.00. The number of amides is 1. The van der Waals surface area contributed by atoms with Gasteiger partial charge in [-0.05, 0) is 5.22 Å². The van der Waals surface area contributed by atoms with Gasteiger partial charge in [-0.25, -0.2) is 4.42 Å². The van der Waals surface area contributed by atoms with E-state index in [-0.39, 0.29) is 5.91 Å². The lowest BCUT2D eigenvalue weighted by molar-refractivity contribution is -0.373. The third-order valence-corrected chi connectivity index (χ3v) is 0.611. The molecule has 0 saturated carbocycles. The molecule has 5 heteroatoms. The van der Waals surface area contributed by atoms with Crippen molar-refractivity contribution in [2.75, 3.05) is 0 Å². The summed E-state index contributed by atoms with van der Waals surface area (Å²) in [6, 6.07) is 0. The van der Waals surface area contributed by atoms with E-state index in [1.165, 1.54) is 13.1 Å². The van der Waals surface area contributed by atoms with Crippen molar-refractivity contribution in [3.05, 3.63) is 0 Å². The molecule has 0 N–H and O–H groups in total. The minimum absolute atomic E-state index is 0.141. The van der Waals surface area contributed by atoms with Crippen LogP contribution in [0, 0.1) is 0 Å². The summed E-state index contributed by atoms with van der Waals surface area (Å²) in [5.74, 6) is -0.278. The SMILES string of the molecule is CC(=O)[O+]=C1C=NN=N1. The van der Waals surface area contributed by atoms with E-state index in [0.717, 1.165) is 0 Å². The fourth-order valence-corrected chi connectivity index (χ4v) is 0.365. The van der Waals surface area contributed by atoms with Crippen molar-refractivity contribution in [1.82, 2.24) is 0 Å². The van der Waals surface area contributed by atoms with Crippen LogP contribution in [0.25, 0.3) is 0 Å². The summed E-state index contributed by atoms with van der Waals surface area (Å²) in [5.41, 5.74) is 0. The lowest BCUT2D eigenvalue weighted by atomic mass is 10.7. The third kappa shape index (κ3) is 1.52. The third-order valence-electron chi connectivity index (χ3n) is 0.611. The fourth-order valence-electron chi connectivity index (χ4n) is 0.365. The van der Waals surface area contributed by atoms with Crippen LogP contribution in [0.5, 0.6) is 0 Å². The van der Waals surface area contributed by atoms with Crippen LogP contribution in [-0.2, 0) is 9.22 Å². The molecule has 0 fully saturated rings. The maximum Gasteiger partial charge on any atom is 0.578 e. The van der Waals surface area contributed by atoms with Crippen LogP contribution in [0.2, 0.25) is 0 Å². The molecule has 9 heavy (non-hydrogen) atoms. The molecule has 0 saturated heterocycles. The molecular formula is C4H4N3O2+. The summed E-state index contributed by atoms with van der Waals surface area (Å²) in [7, 11) is 0. The second-order valence-corrected chi connectivity index (χ2v) is 1.37. The highest BCUT2D eigenvalue weighted by atomic mass is 16.5. The molecule has 0 spiro atoms. The molecule has 0 atom stereocenters. The summed E-state index contributed by atoms with van der Waals surface area (Å²) in [6.07, 6.45) is 1.27. The van der Waals surface area contributed by atoms with Gasteiger partial charge in [-0.3, -0.25) is 0 Å². The van der Waals surface area contributed by atoms with Crippen molar-refractivity contribution in [2.45, 2.75) is 6.92 Å². The Morgan fingerprint density at radius 1 is 1.78 bits per heavy atom. The Morgan fingerprint density at radius 2 is 2.56 bits per heavy atom. The van der Waals surface area contributed by atoms with Gasteiger partial charge in [0, 0.05) is 4.79 Å². The Bertz CT molecular complexity index is 202. The molecule has 1 aliphatic rings. The molecule has 0 aromatic carbocycles. The average Bonchev–Trinajstić information content (AvgIpc) is 2.15. The van der Waals surface area contributed by atoms with Gasteiger partial charge in [-0.15, -0.1) is 5.10 Å². The maximum absolute atomic E-state index is 10.2. The predicted molar refractivity (Wildman–Crippen MR) is 29.0 cm³/mol. The first-order valence-corrected chi connectivity index (χ1v) is 2.28. The van der Waals surface area contributed by atoms with E-state index in [1.54, 1.807) is 0 Å². The Balaban J connectivity index is 2.73. The quantitative estimate of drug-likeness (QED) is 0.423. The summed E-state index contributed by atoms with van der Waals surface area (Å²) in [6.45, 7) is 1.29. The minimum atomic E-state index is -0.419. The highest BCUT2D eigenvalue weighted by Crippen LogP contribution is 1.87. The molecule has 0 aliphatic carbocycles. The van der Waals surface area contributed by atoms with E-state index in [0.29, 0.717) is 0 Å². The van der Waals surface area contributed by atoms with Crippen LogP contribution in [0.15, 0.2) is 15.4 Å². The molecule has 0 aromatic heterocycles. The first-order valence-electron chi connectivity index (χ1n) is 2.28. The van der Waals surface area contributed by atoms with Gasteiger partial charge in [-0.2, -0.15) is 0 Å². The number of hydrogen-bond acceptors (Lipinski definition) is 3. The van der Waals surface area contributed by atoms with E-state index in [1.807, 2.05) is 0 Å². The summed E-state index contributed by atoms with van der Waals surface area (Å²) in [4.78, 5) is 10.2. The molecule has 0 aromatic rings. The number of carbonyl (C=O) groups excluding carboxylic acids is 2. The molecule has 1 rings (SSSR count). The lowest BCUT2D eigenvalue weighted by Gasteiger charge is -1.66. The number of rotatable bonds is 0. The van der Waals surface area contributed by atoms with Gasteiger partial charge >= 0.3 is 11.9 Å². The number of carbonyl (C=O) groups is 1. The first-order chi connectivity index (χ1) is 4.29. The topological polar surface area (TPSA) is 65.5 Å². The van der Waals surface area contributed by atoms with Crippen molar-refractivity contribution in [3.8, 4) is 0 Å². The molecule has 0 bridgehead atoms. The molecular weight excluding hydrogens is 122 g/mol. The average molecular weight is 126 g/mol. The van der Waals surface area contributed by atoms with Crippen LogP contribution in [0.1, 0.15) is 6.92 Å². The van der Waals surface area contributed by atoms with Gasteiger partial charge < -0.3 is 0 Å². The van der Waals surface area contributed by atoms with E-state index in [2.05, 4.69) is 19.9 Å². The van der Waals surface area contributed by atoms with Crippen molar-refractivity contribution < 1.29 is 9.22 Å². The van der Waals surface area contributed by atoms with Crippen molar-refractivity contribution in [1.29, 1.82) is 0 Å². The Morgan fingerprint density at radius 3 is 3.00 bits per heavy atom. The van der Waals surface area contributed by atoms with Gasteiger partial charge in [-0.1, -0.05) is 5.11 Å². The Labute approximate surface area is 50.8 Å². The smallest absolute Gasteiger partial charge is 0.248 e. The van der Waals surface area contributed by atoms with Gasteiger partial charge in [0.05, 0.1) is 0 Å². The molecule has 46 valence electrons. The second-order valence-electron chi connectivity index (χ2n) is 1.37. The van der Waals surface area contributed by atoms with E-state index >= 15 is 0 Å². The molecule has 5 nitrogen and oxygen atoms in total. The summed E-state index contributed by atoms with van der Waals surface area (Å²) >= 11 is 0. The molecule has 0 unspecified atom stereocenters. The summed E-state index contributed by atoms with van der Waals surface area (Å²) < 4.78 is 4.48. The predicted octanol–water partition coefficient (Wildman–Crippen LogP) is 0.0468. The normalized spacial score (nSPS) is 19.4. The zero-order valence-electron chi connectivity index (χ0n) is 4.74. The largest absolute Gasteiger partial charge is 0.578 e.